The minimum atomic E-state index is -0.380. The number of aromatic nitrogens is 3. The second-order valence-electron chi connectivity index (χ2n) is 4.28. The van der Waals surface area contributed by atoms with Gasteiger partial charge in [-0.25, -0.2) is 25.2 Å². The lowest BCUT2D eigenvalue weighted by Gasteiger charge is -2.06. The summed E-state index contributed by atoms with van der Waals surface area (Å²) < 4.78 is 12.8. The molecule has 1 fully saturated rings. The van der Waals surface area contributed by atoms with E-state index in [9.17, 15) is 4.39 Å². The molecule has 1 saturated carbocycles. The van der Waals surface area contributed by atoms with E-state index in [1.807, 2.05) is 6.07 Å². The summed E-state index contributed by atoms with van der Waals surface area (Å²) in [7, 11) is 0. The average molecular weight is 245 g/mol. The van der Waals surface area contributed by atoms with Gasteiger partial charge in [0.2, 0.25) is 0 Å². The van der Waals surface area contributed by atoms with Crippen LogP contribution in [-0.2, 0) is 0 Å². The molecule has 2 aromatic rings. The van der Waals surface area contributed by atoms with Gasteiger partial charge in [0.1, 0.15) is 17.3 Å². The Morgan fingerprint density at radius 1 is 1.28 bits per heavy atom. The van der Waals surface area contributed by atoms with E-state index in [0.29, 0.717) is 23.3 Å². The number of hydrogen-bond acceptors (Lipinski definition) is 5. The number of hydrazine groups is 1. The van der Waals surface area contributed by atoms with Gasteiger partial charge in [0.25, 0.3) is 0 Å². The van der Waals surface area contributed by atoms with Crippen LogP contribution in [0.5, 0.6) is 0 Å². The van der Waals surface area contributed by atoms with Crippen molar-refractivity contribution in [1.29, 1.82) is 0 Å². The van der Waals surface area contributed by atoms with Gasteiger partial charge in [0.05, 0.1) is 6.20 Å². The summed E-state index contributed by atoms with van der Waals surface area (Å²) in [6.07, 6.45) is 3.42. The normalized spacial score (nSPS) is 14.6. The van der Waals surface area contributed by atoms with Gasteiger partial charge in [-0.15, -0.1) is 0 Å². The Morgan fingerprint density at radius 2 is 2.11 bits per heavy atom. The van der Waals surface area contributed by atoms with E-state index in [2.05, 4.69) is 20.4 Å². The van der Waals surface area contributed by atoms with E-state index >= 15 is 0 Å². The number of nitrogens with zero attached hydrogens (tertiary/aromatic N) is 3. The van der Waals surface area contributed by atoms with Gasteiger partial charge < -0.3 is 5.43 Å². The minimum absolute atomic E-state index is 0.380. The molecule has 0 bridgehead atoms. The quantitative estimate of drug-likeness (QED) is 0.637. The van der Waals surface area contributed by atoms with E-state index in [1.54, 1.807) is 6.07 Å². The van der Waals surface area contributed by atoms with Crippen molar-refractivity contribution in [2.24, 2.45) is 5.84 Å². The van der Waals surface area contributed by atoms with Gasteiger partial charge in [-0.3, -0.25) is 0 Å². The Morgan fingerprint density at radius 3 is 2.72 bits per heavy atom. The van der Waals surface area contributed by atoms with Crippen molar-refractivity contribution < 1.29 is 4.39 Å². The highest BCUT2D eigenvalue weighted by molar-refractivity contribution is 5.53. The molecule has 6 heteroatoms. The van der Waals surface area contributed by atoms with Crippen LogP contribution in [0.15, 0.2) is 24.4 Å². The molecule has 0 atom stereocenters. The number of hydrogen-bond donors (Lipinski definition) is 2. The van der Waals surface area contributed by atoms with Crippen molar-refractivity contribution in [2.75, 3.05) is 5.43 Å². The second kappa shape index (κ2) is 4.30. The third-order valence-electron chi connectivity index (χ3n) is 2.85. The predicted molar refractivity (Wildman–Crippen MR) is 65.0 cm³/mol. The molecule has 0 spiro atoms. The van der Waals surface area contributed by atoms with Crippen LogP contribution in [0.3, 0.4) is 0 Å². The van der Waals surface area contributed by atoms with E-state index in [0.717, 1.165) is 24.7 Å². The van der Waals surface area contributed by atoms with E-state index < -0.39 is 0 Å². The third kappa shape index (κ3) is 2.14. The summed E-state index contributed by atoms with van der Waals surface area (Å²) in [6, 6.07) is 4.73. The van der Waals surface area contributed by atoms with Gasteiger partial charge in [0, 0.05) is 17.7 Å². The van der Waals surface area contributed by atoms with Crippen LogP contribution in [0, 0.1) is 5.82 Å². The lowest BCUT2D eigenvalue weighted by molar-refractivity contribution is 0.621. The highest BCUT2D eigenvalue weighted by Crippen LogP contribution is 2.39. The van der Waals surface area contributed by atoms with Crippen LogP contribution < -0.4 is 11.3 Å². The second-order valence-corrected chi connectivity index (χ2v) is 4.28. The first-order valence-electron chi connectivity index (χ1n) is 5.74. The summed E-state index contributed by atoms with van der Waals surface area (Å²) in [5.41, 5.74) is 4.01. The highest BCUT2D eigenvalue weighted by Gasteiger charge is 2.26. The summed E-state index contributed by atoms with van der Waals surface area (Å²) in [6.45, 7) is 0. The maximum absolute atomic E-state index is 12.8. The number of nitrogens with one attached hydrogen (secondary N) is 1. The average Bonchev–Trinajstić information content (AvgIpc) is 3.23. The molecule has 3 rings (SSSR count). The molecule has 0 radical (unpaired) electrons. The monoisotopic (exact) mass is 245 g/mol. The van der Waals surface area contributed by atoms with Crippen LogP contribution in [0.4, 0.5) is 10.2 Å². The fraction of sp³-hybridized carbons (Fsp3) is 0.250. The number of nitrogens with two attached hydrogens (primary N) is 1. The predicted octanol–water partition coefficient (Wildman–Crippen LogP) is 1.84. The maximum Gasteiger partial charge on any atom is 0.180 e. The summed E-state index contributed by atoms with van der Waals surface area (Å²) in [5.74, 6) is 6.51. The Kier molecular flexibility index (Phi) is 2.64. The van der Waals surface area contributed by atoms with Crippen LogP contribution in [0.1, 0.15) is 24.5 Å². The van der Waals surface area contributed by atoms with Gasteiger partial charge in [-0.05, 0) is 25.0 Å². The minimum Gasteiger partial charge on any atom is -0.308 e. The number of anilines is 1. The summed E-state index contributed by atoms with van der Waals surface area (Å²) in [4.78, 5) is 12.7. The molecule has 18 heavy (non-hydrogen) atoms. The molecule has 2 aromatic heterocycles. The van der Waals surface area contributed by atoms with Crippen molar-refractivity contribution in [1.82, 2.24) is 15.0 Å². The molecule has 0 saturated heterocycles. The fourth-order valence-corrected chi connectivity index (χ4v) is 1.75. The molecule has 92 valence electrons. The third-order valence-corrected chi connectivity index (χ3v) is 2.85. The largest absolute Gasteiger partial charge is 0.308 e. The molecule has 5 nitrogen and oxygen atoms in total. The molecule has 2 heterocycles. The van der Waals surface area contributed by atoms with Crippen molar-refractivity contribution in [3.63, 3.8) is 0 Å². The maximum atomic E-state index is 12.8. The van der Waals surface area contributed by atoms with E-state index in [4.69, 9.17) is 5.84 Å². The van der Waals surface area contributed by atoms with Crippen LogP contribution >= 0.6 is 0 Å². The van der Waals surface area contributed by atoms with Crippen LogP contribution in [-0.4, -0.2) is 15.0 Å². The molecular formula is C12H12FN5. The number of rotatable bonds is 3. The Labute approximate surface area is 103 Å². The Hall–Kier alpha value is -2.08. The topological polar surface area (TPSA) is 76.7 Å². The number of halogens is 1. The van der Waals surface area contributed by atoms with Crippen LogP contribution in [0.25, 0.3) is 11.5 Å². The lowest BCUT2D eigenvalue weighted by Crippen LogP contribution is -2.10. The SMILES string of the molecule is NNc1cc(C2CC2)nc(-c2ccc(F)cn2)n1. The fourth-order valence-electron chi connectivity index (χ4n) is 1.75. The van der Waals surface area contributed by atoms with E-state index in [-0.39, 0.29) is 5.82 Å². The first kappa shape index (κ1) is 11.0. The zero-order valence-corrected chi connectivity index (χ0v) is 9.60. The molecule has 0 aromatic carbocycles. The Bertz CT molecular complexity index is 565. The standard InChI is InChI=1S/C12H12FN5/c13-8-3-4-9(15-6-8)12-16-10(7-1-2-7)5-11(17-12)18-14/h3-7H,1-2,14H2,(H,16,17,18). The van der Waals surface area contributed by atoms with Crippen molar-refractivity contribution in [2.45, 2.75) is 18.8 Å². The van der Waals surface area contributed by atoms with Crippen LogP contribution in [0.2, 0.25) is 0 Å². The molecule has 0 unspecified atom stereocenters. The first-order chi connectivity index (χ1) is 8.76. The number of pyridine rings is 1. The first-order valence-corrected chi connectivity index (χ1v) is 5.74. The molecular weight excluding hydrogens is 233 g/mol. The Balaban J connectivity index is 2.04. The lowest BCUT2D eigenvalue weighted by atomic mass is 10.2. The van der Waals surface area contributed by atoms with E-state index in [1.165, 1.54) is 6.07 Å². The number of nitrogen functional groups attached to an aromatic ring is 1. The van der Waals surface area contributed by atoms with Crippen molar-refractivity contribution >= 4 is 5.82 Å². The molecule has 1 aliphatic rings. The van der Waals surface area contributed by atoms with Gasteiger partial charge >= 0.3 is 0 Å². The van der Waals surface area contributed by atoms with Gasteiger partial charge in [-0.2, -0.15) is 0 Å². The molecule has 3 N–H and O–H groups in total. The summed E-state index contributed by atoms with van der Waals surface area (Å²) >= 11 is 0. The zero-order valence-electron chi connectivity index (χ0n) is 9.60. The smallest absolute Gasteiger partial charge is 0.180 e. The van der Waals surface area contributed by atoms with Crippen molar-refractivity contribution in [3.8, 4) is 11.5 Å². The molecule has 1 aliphatic carbocycles. The van der Waals surface area contributed by atoms with Gasteiger partial charge in [-0.1, -0.05) is 0 Å². The summed E-state index contributed by atoms with van der Waals surface area (Å²) in [5, 5.41) is 0. The van der Waals surface area contributed by atoms with Crippen molar-refractivity contribution in [3.05, 3.63) is 35.9 Å². The molecule has 0 aliphatic heterocycles. The van der Waals surface area contributed by atoms with Gasteiger partial charge in [0.15, 0.2) is 5.82 Å². The highest BCUT2D eigenvalue weighted by atomic mass is 19.1. The molecule has 0 amide bonds. The zero-order chi connectivity index (χ0) is 12.5.